The number of sulfonamides is 1. The van der Waals surface area contributed by atoms with E-state index in [1.54, 1.807) is 0 Å². The van der Waals surface area contributed by atoms with Crippen LogP contribution in [0.1, 0.15) is 30.3 Å². The number of hydrogen-bond donors (Lipinski definition) is 2. The summed E-state index contributed by atoms with van der Waals surface area (Å²) in [6.07, 6.45) is 1.28. The van der Waals surface area contributed by atoms with Crippen LogP contribution in [0.15, 0.2) is 9.72 Å². The van der Waals surface area contributed by atoms with Crippen LogP contribution in [-0.2, 0) is 10.0 Å². The molecule has 1 aromatic heterocycles. The van der Waals surface area contributed by atoms with Gasteiger partial charge >= 0.3 is 5.97 Å². The van der Waals surface area contributed by atoms with Gasteiger partial charge in [0.25, 0.3) is 10.0 Å². The summed E-state index contributed by atoms with van der Waals surface area (Å²) in [6.45, 7) is 1.90. The molecule has 1 fully saturated rings. The van der Waals surface area contributed by atoms with Crippen LogP contribution in [0.25, 0.3) is 0 Å². The first-order valence-corrected chi connectivity index (χ1v) is 8.01. The van der Waals surface area contributed by atoms with Gasteiger partial charge in [0.2, 0.25) is 0 Å². The first kappa shape index (κ1) is 14.4. The molecule has 1 aliphatic rings. The first-order chi connectivity index (χ1) is 8.80. The van der Waals surface area contributed by atoms with Crippen LogP contribution in [0.4, 0.5) is 0 Å². The van der Waals surface area contributed by atoms with Crippen molar-refractivity contribution in [3.8, 4) is 0 Å². The van der Waals surface area contributed by atoms with Crippen molar-refractivity contribution in [3.05, 3.63) is 11.2 Å². The van der Waals surface area contributed by atoms with E-state index < -0.39 is 27.3 Å². The van der Waals surface area contributed by atoms with Gasteiger partial charge in [-0.25, -0.2) is 18.2 Å². The van der Waals surface area contributed by atoms with E-state index in [1.807, 2.05) is 6.92 Å². The first-order valence-electron chi connectivity index (χ1n) is 5.69. The lowest BCUT2D eigenvalue weighted by Crippen LogP contribution is -2.63. The highest BCUT2D eigenvalue weighted by Crippen LogP contribution is 2.33. The largest absolute Gasteiger partial charge is 0.476 e. The molecular formula is C10H14N2O5S2. The van der Waals surface area contributed by atoms with E-state index in [0.29, 0.717) is 6.42 Å². The molecule has 0 spiro atoms. The van der Waals surface area contributed by atoms with E-state index in [-0.39, 0.29) is 17.3 Å². The number of β-amino-alcohol motifs (C(OH)–C–C–N with tert-alkyl or cyclic N) is 1. The molecule has 1 saturated heterocycles. The van der Waals surface area contributed by atoms with E-state index in [1.165, 1.54) is 5.51 Å². The number of carboxylic acid groups (broad SMARTS) is 1. The molecule has 9 heteroatoms. The van der Waals surface area contributed by atoms with Gasteiger partial charge in [-0.05, 0) is 6.42 Å². The number of aromatic carboxylic acids is 1. The van der Waals surface area contributed by atoms with Crippen molar-refractivity contribution in [3.63, 3.8) is 0 Å². The maximum Gasteiger partial charge on any atom is 0.356 e. The fourth-order valence-corrected chi connectivity index (χ4v) is 4.96. The third-order valence-electron chi connectivity index (χ3n) is 2.97. The summed E-state index contributed by atoms with van der Waals surface area (Å²) < 4.78 is 25.2. The molecule has 106 valence electrons. The van der Waals surface area contributed by atoms with Gasteiger partial charge in [0.15, 0.2) is 9.90 Å². The summed E-state index contributed by atoms with van der Waals surface area (Å²) >= 11 is 0.773. The third kappa shape index (κ3) is 2.50. The van der Waals surface area contributed by atoms with Crippen LogP contribution < -0.4 is 0 Å². The predicted octanol–water partition coefficient (Wildman–Crippen LogP) is 0.377. The molecule has 0 saturated carbocycles. The second-order valence-corrected chi connectivity index (χ2v) is 7.53. The Labute approximate surface area is 114 Å². The summed E-state index contributed by atoms with van der Waals surface area (Å²) in [6, 6.07) is 0. The Balaban J connectivity index is 2.21. The fourth-order valence-electron chi connectivity index (χ4n) is 2.08. The lowest BCUT2D eigenvalue weighted by molar-refractivity contribution is -0.0652. The van der Waals surface area contributed by atoms with Gasteiger partial charge in [0, 0.05) is 13.1 Å². The number of thiazole rings is 1. The summed E-state index contributed by atoms with van der Waals surface area (Å²) in [4.78, 5) is 14.4. The van der Waals surface area contributed by atoms with E-state index in [0.717, 1.165) is 22.1 Å². The topological polar surface area (TPSA) is 108 Å². The van der Waals surface area contributed by atoms with Crippen molar-refractivity contribution >= 4 is 27.3 Å². The molecular weight excluding hydrogens is 292 g/mol. The summed E-state index contributed by atoms with van der Waals surface area (Å²) in [5, 5.41) is 18.9. The monoisotopic (exact) mass is 306 g/mol. The fraction of sp³-hybridized carbons (Fsp3) is 0.600. The molecule has 1 aliphatic heterocycles. The maximum atomic E-state index is 12.2. The molecule has 0 aromatic carbocycles. The number of hydrogen-bond acceptors (Lipinski definition) is 6. The molecule has 0 radical (unpaired) electrons. The van der Waals surface area contributed by atoms with Gasteiger partial charge in [-0.2, -0.15) is 4.31 Å². The van der Waals surface area contributed by atoms with Crippen LogP contribution >= 0.6 is 11.3 Å². The number of aliphatic hydroxyl groups is 1. The third-order valence-corrected chi connectivity index (χ3v) is 6.11. The molecule has 2 N–H and O–H groups in total. The van der Waals surface area contributed by atoms with Crippen molar-refractivity contribution < 1.29 is 23.4 Å². The van der Waals surface area contributed by atoms with E-state index in [2.05, 4.69) is 4.98 Å². The minimum Gasteiger partial charge on any atom is -0.476 e. The van der Waals surface area contributed by atoms with Gasteiger partial charge in [0.05, 0.1) is 11.1 Å². The average Bonchev–Trinajstić information content (AvgIpc) is 2.75. The quantitative estimate of drug-likeness (QED) is 0.814. The minimum atomic E-state index is -3.88. The number of rotatable bonds is 5. The van der Waals surface area contributed by atoms with E-state index in [9.17, 15) is 18.3 Å². The van der Waals surface area contributed by atoms with Crippen LogP contribution in [-0.4, -0.2) is 52.6 Å². The Bertz CT molecular complexity index is 589. The second kappa shape index (κ2) is 4.82. The molecule has 0 bridgehead atoms. The Morgan fingerprint density at radius 1 is 1.58 bits per heavy atom. The number of nitrogens with zero attached hydrogens (tertiary/aromatic N) is 2. The molecule has 0 unspecified atom stereocenters. The van der Waals surface area contributed by atoms with Crippen molar-refractivity contribution in [2.24, 2.45) is 0 Å². The Morgan fingerprint density at radius 3 is 2.74 bits per heavy atom. The molecule has 2 rings (SSSR count). The zero-order valence-electron chi connectivity index (χ0n) is 10.2. The zero-order chi connectivity index (χ0) is 14.3. The van der Waals surface area contributed by atoms with Crippen molar-refractivity contribution in [2.45, 2.75) is 29.6 Å². The van der Waals surface area contributed by atoms with Gasteiger partial charge in [-0.3, -0.25) is 0 Å². The molecule has 0 atom stereocenters. The number of aromatic nitrogens is 1. The Kier molecular flexibility index (Phi) is 3.65. The lowest BCUT2D eigenvalue weighted by Gasteiger charge is -2.45. The highest BCUT2D eigenvalue weighted by Gasteiger charge is 2.47. The standard InChI is InChI=1S/C10H14N2O5S2/c1-2-3-10(15)4-12(5-10)19(16,17)9-7(8(13)14)11-6-18-9/h6,15H,2-5H2,1H3,(H,13,14). The van der Waals surface area contributed by atoms with Gasteiger partial charge in [-0.15, -0.1) is 11.3 Å². The van der Waals surface area contributed by atoms with Crippen LogP contribution in [0.2, 0.25) is 0 Å². The lowest BCUT2D eigenvalue weighted by atomic mass is 9.92. The van der Waals surface area contributed by atoms with Gasteiger partial charge < -0.3 is 10.2 Å². The van der Waals surface area contributed by atoms with Crippen molar-refractivity contribution in [1.82, 2.24) is 9.29 Å². The molecule has 19 heavy (non-hydrogen) atoms. The number of carboxylic acids is 1. The smallest absolute Gasteiger partial charge is 0.356 e. The molecule has 0 amide bonds. The van der Waals surface area contributed by atoms with Crippen LogP contribution in [0.5, 0.6) is 0 Å². The normalized spacial score (nSPS) is 19.1. The summed E-state index contributed by atoms with van der Waals surface area (Å²) in [5.74, 6) is -1.37. The molecule has 0 aliphatic carbocycles. The highest BCUT2D eigenvalue weighted by atomic mass is 32.2. The Morgan fingerprint density at radius 2 is 2.21 bits per heavy atom. The summed E-state index contributed by atoms with van der Waals surface area (Å²) in [7, 11) is -3.88. The van der Waals surface area contributed by atoms with E-state index >= 15 is 0 Å². The predicted molar refractivity (Wildman–Crippen MR) is 67.7 cm³/mol. The Hall–Kier alpha value is -1.03. The van der Waals surface area contributed by atoms with Crippen LogP contribution in [0, 0.1) is 0 Å². The second-order valence-electron chi connectivity index (χ2n) is 4.54. The zero-order valence-corrected chi connectivity index (χ0v) is 11.9. The number of carbonyl (C=O) groups is 1. The maximum absolute atomic E-state index is 12.2. The van der Waals surface area contributed by atoms with Crippen molar-refractivity contribution in [1.29, 1.82) is 0 Å². The molecule has 2 heterocycles. The summed E-state index contributed by atoms with van der Waals surface area (Å²) in [5.41, 5.74) is -0.263. The van der Waals surface area contributed by atoms with Gasteiger partial charge in [0.1, 0.15) is 0 Å². The van der Waals surface area contributed by atoms with E-state index in [4.69, 9.17) is 5.11 Å². The minimum absolute atomic E-state index is 0.000131. The van der Waals surface area contributed by atoms with Crippen LogP contribution in [0.3, 0.4) is 0 Å². The average molecular weight is 306 g/mol. The SMILES string of the molecule is CCCC1(O)CN(S(=O)(=O)c2scnc2C(=O)O)C1. The van der Waals surface area contributed by atoms with Gasteiger partial charge in [-0.1, -0.05) is 13.3 Å². The molecule has 7 nitrogen and oxygen atoms in total. The molecule has 1 aromatic rings. The highest BCUT2D eigenvalue weighted by molar-refractivity contribution is 7.91. The van der Waals surface area contributed by atoms with Crippen molar-refractivity contribution in [2.75, 3.05) is 13.1 Å².